The van der Waals surface area contributed by atoms with Crippen molar-refractivity contribution in [2.45, 2.75) is 24.5 Å². The molecule has 2 N–H and O–H groups in total. The first kappa shape index (κ1) is 12.9. The van der Waals surface area contributed by atoms with Crippen LogP contribution in [0.2, 0.25) is 0 Å². The number of hydrogen-bond acceptors (Lipinski definition) is 4. The fourth-order valence-electron chi connectivity index (χ4n) is 2.29. The third-order valence-corrected chi connectivity index (χ3v) is 3.19. The average molecular weight is 253 g/mol. The topological polar surface area (TPSA) is 70.7 Å². The van der Waals surface area contributed by atoms with Crippen molar-refractivity contribution in [1.29, 1.82) is 0 Å². The highest BCUT2D eigenvalue weighted by atomic mass is 16.6. The molecule has 1 saturated heterocycles. The second kappa shape index (κ2) is 4.97. The summed E-state index contributed by atoms with van der Waals surface area (Å²) < 4.78 is 5.18. The standard InChI is InChI=1S/C12H19N3O3/c1-15(2)5-3-4-10(16)14-9-6-12(7-9)8-13-11(17)18-12/h3-4,9H,5-8H2,1-2H3,(H,13,17)(H,14,16)/b4-3+. The molecule has 100 valence electrons. The van der Waals surface area contributed by atoms with Gasteiger partial charge in [0.1, 0.15) is 5.60 Å². The summed E-state index contributed by atoms with van der Waals surface area (Å²) in [5.41, 5.74) is -0.373. The summed E-state index contributed by atoms with van der Waals surface area (Å²) in [6, 6.07) is 0.106. The molecule has 0 aromatic heterocycles. The van der Waals surface area contributed by atoms with E-state index in [9.17, 15) is 9.59 Å². The van der Waals surface area contributed by atoms with E-state index >= 15 is 0 Å². The van der Waals surface area contributed by atoms with Crippen molar-refractivity contribution in [3.05, 3.63) is 12.2 Å². The van der Waals surface area contributed by atoms with Gasteiger partial charge in [0, 0.05) is 31.5 Å². The average Bonchev–Trinajstić information content (AvgIpc) is 2.59. The van der Waals surface area contributed by atoms with Crippen molar-refractivity contribution in [2.75, 3.05) is 27.2 Å². The van der Waals surface area contributed by atoms with Crippen LogP contribution in [0.15, 0.2) is 12.2 Å². The third-order valence-electron chi connectivity index (χ3n) is 3.19. The van der Waals surface area contributed by atoms with Crippen LogP contribution in [-0.2, 0) is 9.53 Å². The van der Waals surface area contributed by atoms with Gasteiger partial charge in [-0.25, -0.2) is 4.79 Å². The Morgan fingerprint density at radius 3 is 2.89 bits per heavy atom. The molecule has 2 rings (SSSR count). The van der Waals surface area contributed by atoms with E-state index in [-0.39, 0.29) is 23.6 Å². The van der Waals surface area contributed by atoms with Crippen LogP contribution >= 0.6 is 0 Å². The van der Waals surface area contributed by atoms with Crippen molar-refractivity contribution in [1.82, 2.24) is 15.5 Å². The second-order valence-electron chi connectivity index (χ2n) is 5.20. The molecule has 1 heterocycles. The largest absolute Gasteiger partial charge is 0.441 e. The summed E-state index contributed by atoms with van der Waals surface area (Å²) in [7, 11) is 3.89. The lowest BCUT2D eigenvalue weighted by Gasteiger charge is -2.42. The summed E-state index contributed by atoms with van der Waals surface area (Å²) in [6.45, 7) is 1.29. The highest BCUT2D eigenvalue weighted by Crippen LogP contribution is 2.37. The molecule has 0 bridgehead atoms. The maximum Gasteiger partial charge on any atom is 0.407 e. The lowest BCUT2D eigenvalue weighted by molar-refractivity contribution is -0.119. The van der Waals surface area contributed by atoms with Crippen molar-refractivity contribution in [2.24, 2.45) is 0 Å². The lowest BCUT2D eigenvalue weighted by atomic mass is 9.76. The Balaban J connectivity index is 1.69. The van der Waals surface area contributed by atoms with E-state index in [2.05, 4.69) is 10.6 Å². The van der Waals surface area contributed by atoms with E-state index < -0.39 is 0 Å². The maximum atomic E-state index is 11.6. The zero-order chi connectivity index (χ0) is 13.2. The van der Waals surface area contributed by atoms with Crippen LogP contribution in [0.3, 0.4) is 0 Å². The minimum Gasteiger partial charge on any atom is -0.441 e. The van der Waals surface area contributed by atoms with E-state index in [0.29, 0.717) is 19.4 Å². The molecule has 0 unspecified atom stereocenters. The molecule has 6 nitrogen and oxygen atoms in total. The van der Waals surface area contributed by atoms with Crippen LogP contribution in [0, 0.1) is 0 Å². The van der Waals surface area contributed by atoms with Crippen molar-refractivity contribution in [3.8, 4) is 0 Å². The van der Waals surface area contributed by atoms with Gasteiger partial charge in [-0.3, -0.25) is 4.79 Å². The predicted molar refractivity (Wildman–Crippen MR) is 66.1 cm³/mol. The Bertz CT molecular complexity index is 373. The highest BCUT2D eigenvalue weighted by Gasteiger charge is 2.51. The zero-order valence-electron chi connectivity index (χ0n) is 10.7. The summed E-state index contributed by atoms with van der Waals surface area (Å²) in [4.78, 5) is 24.5. The summed E-state index contributed by atoms with van der Waals surface area (Å²) in [5.74, 6) is -0.0889. The number of nitrogens with zero attached hydrogens (tertiary/aromatic N) is 1. The van der Waals surface area contributed by atoms with Gasteiger partial charge >= 0.3 is 6.09 Å². The fraction of sp³-hybridized carbons (Fsp3) is 0.667. The van der Waals surface area contributed by atoms with Crippen LogP contribution in [0.5, 0.6) is 0 Å². The quantitative estimate of drug-likeness (QED) is 0.684. The van der Waals surface area contributed by atoms with Crippen LogP contribution in [0.1, 0.15) is 12.8 Å². The molecule has 1 aliphatic carbocycles. The first-order valence-corrected chi connectivity index (χ1v) is 6.08. The van der Waals surface area contributed by atoms with Gasteiger partial charge in [0.05, 0.1) is 6.54 Å². The van der Waals surface area contributed by atoms with Gasteiger partial charge in [-0.2, -0.15) is 0 Å². The molecule has 2 aliphatic rings. The van der Waals surface area contributed by atoms with E-state index in [0.717, 1.165) is 6.54 Å². The monoisotopic (exact) mass is 253 g/mol. The van der Waals surface area contributed by atoms with Crippen LogP contribution < -0.4 is 10.6 Å². The Kier molecular flexibility index (Phi) is 3.56. The molecule has 18 heavy (non-hydrogen) atoms. The van der Waals surface area contributed by atoms with E-state index in [1.807, 2.05) is 25.1 Å². The van der Waals surface area contributed by atoms with Crippen LogP contribution in [-0.4, -0.2) is 55.7 Å². The molecular formula is C12H19N3O3. The lowest BCUT2D eigenvalue weighted by Crippen LogP contribution is -2.56. The van der Waals surface area contributed by atoms with Gasteiger partial charge in [-0.05, 0) is 14.1 Å². The minimum atomic E-state index is -0.373. The van der Waals surface area contributed by atoms with Crippen LogP contribution in [0.25, 0.3) is 0 Å². The number of alkyl carbamates (subject to hydrolysis) is 1. The van der Waals surface area contributed by atoms with Crippen molar-refractivity contribution in [3.63, 3.8) is 0 Å². The molecule has 0 radical (unpaired) electrons. The van der Waals surface area contributed by atoms with E-state index in [1.54, 1.807) is 6.08 Å². The first-order chi connectivity index (χ1) is 8.49. The number of rotatable bonds is 4. The van der Waals surface area contributed by atoms with Crippen molar-refractivity contribution < 1.29 is 14.3 Å². The summed E-state index contributed by atoms with van der Waals surface area (Å²) >= 11 is 0. The first-order valence-electron chi connectivity index (χ1n) is 6.08. The molecule has 6 heteroatoms. The van der Waals surface area contributed by atoms with Gasteiger partial charge in [-0.1, -0.05) is 6.08 Å². The Morgan fingerprint density at radius 1 is 1.61 bits per heavy atom. The van der Waals surface area contributed by atoms with Gasteiger partial charge in [0.15, 0.2) is 0 Å². The number of carbonyl (C=O) groups excluding carboxylic acids is 2. The van der Waals surface area contributed by atoms with E-state index in [4.69, 9.17) is 4.74 Å². The molecule has 0 aromatic rings. The SMILES string of the molecule is CN(C)C/C=C/C(=O)NC1CC2(CNC(=O)O2)C1. The number of likely N-dealkylation sites (N-methyl/N-ethyl adjacent to an activating group) is 1. The third kappa shape index (κ3) is 3.01. The number of carbonyl (C=O) groups is 2. The normalized spacial score (nSPS) is 30.4. The van der Waals surface area contributed by atoms with E-state index in [1.165, 1.54) is 0 Å². The number of ether oxygens (including phenoxy) is 1. The molecule has 1 spiro atoms. The predicted octanol–water partition coefficient (Wildman–Crippen LogP) is -0.139. The number of nitrogens with one attached hydrogen (secondary N) is 2. The van der Waals surface area contributed by atoms with Gasteiger partial charge in [0.2, 0.25) is 5.91 Å². The summed E-state index contributed by atoms with van der Waals surface area (Å²) in [6.07, 6.45) is 4.40. The number of amides is 2. The maximum absolute atomic E-state index is 11.6. The van der Waals surface area contributed by atoms with Crippen LogP contribution in [0.4, 0.5) is 4.79 Å². The van der Waals surface area contributed by atoms with Crippen molar-refractivity contribution >= 4 is 12.0 Å². The molecule has 1 aliphatic heterocycles. The smallest absolute Gasteiger partial charge is 0.407 e. The second-order valence-corrected chi connectivity index (χ2v) is 5.20. The van der Waals surface area contributed by atoms with Gasteiger partial charge < -0.3 is 20.3 Å². The Hall–Kier alpha value is -1.56. The van der Waals surface area contributed by atoms with Gasteiger partial charge in [-0.15, -0.1) is 0 Å². The van der Waals surface area contributed by atoms with Gasteiger partial charge in [0.25, 0.3) is 0 Å². The molecular weight excluding hydrogens is 234 g/mol. The molecule has 2 fully saturated rings. The molecule has 1 saturated carbocycles. The summed E-state index contributed by atoms with van der Waals surface area (Å²) in [5, 5.41) is 5.53. The molecule has 0 atom stereocenters. The Morgan fingerprint density at radius 2 is 2.33 bits per heavy atom. The number of hydrogen-bond donors (Lipinski definition) is 2. The zero-order valence-corrected chi connectivity index (χ0v) is 10.7. The molecule has 0 aromatic carbocycles. The minimum absolute atomic E-state index is 0.0889. The highest BCUT2D eigenvalue weighted by molar-refractivity contribution is 5.87. The molecule has 2 amide bonds. The Labute approximate surface area is 106 Å². The fourth-order valence-corrected chi connectivity index (χ4v) is 2.29.